The lowest BCUT2D eigenvalue weighted by atomic mass is 10.2. The minimum absolute atomic E-state index is 0.0348. The summed E-state index contributed by atoms with van der Waals surface area (Å²) < 4.78 is 0. The van der Waals surface area contributed by atoms with Gasteiger partial charge in [-0.3, -0.25) is 19.6 Å². The molecule has 2 amide bonds. The number of anilines is 1. The molecule has 1 aromatic heterocycles. The van der Waals surface area contributed by atoms with Crippen LogP contribution < -0.4 is 5.32 Å². The molecule has 2 aromatic carbocycles. The van der Waals surface area contributed by atoms with Crippen LogP contribution in [-0.4, -0.2) is 64.5 Å². The van der Waals surface area contributed by atoms with E-state index in [4.69, 9.17) is 0 Å². The Balaban J connectivity index is 1.32. The normalized spacial score (nSPS) is 15.0. The molecule has 0 bridgehead atoms. The number of rotatable bonds is 4. The zero-order chi connectivity index (χ0) is 19.5. The van der Waals surface area contributed by atoms with Crippen molar-refractivity contribution in [2.45, 2.75) is 6.92 Å². The number of hydrogen-bond donors (Lipinski definition) is 2. The third kappa shape index (κ3) is 3.75. The van der Waals surface area contributed by atoms with Crippen molar-refractivity contribution in [1.82, 2.24) is 20.0 Å². The summed E-state index contributed by atoms with van der Waals surface area (Å²) in [5, 5.41) is 10.9. The summed E-state index contributed by atoms with van der Waals surface area (Å²) in [4.78, 5) is 29.0. The van der Waals surface area contributed by atoms with Gasteiger partial charge in [-0.2, -0.15) is 5.10 Å². The summed E-state index contributed by atoms with van der Waals surface area (Å²) in [6, 6.07) is 15.4. The van der Waals surface area contributed by atoms with Crippen LogP contribution in [0.5, 0.6) is 0 Å². The van der Waals surface area contributed by atoms with Gasteiger partial charge in [0.2, 0.25) is 5.91 Å². The largest absolute Gasteiger partial charge is 0.335 e. The van der Waals surface area contributed by atoms with Gasteiger partial charge < -0.3 is 10.2 Å². The average Bonchev–Trinajstić information content (AvgIpc) is 3.14. The van der Waals surface area contributed by atoms with Crippen molar-refractivity contribution in [3.63, 3.8) is 0 Å². The Bertz CT molecular complexity index is 1000. The molecule has 7 nitrogen and oxygen atoms in total. The van der Waals surface area contributed by atoms with Crippen LogP contribution in [0.3, 0.4) is 0 Å². The molecule has 0 aliphatic carbocycles. The van der Waals surface area contributed by atoms with Gasteiger partial charge in [0.05, 0.1) is 12.1 Å². The maximum atomic E-state index is 12.8. The number of benzene rings is 2. The standard InChI is InChI=1S/C21H23N5O2/c1-15-6-2-4-8-17(15)22-19(27)14-25-10-12-26(13-11-25)21(28)20-16-7-3-5-9-18(16)23-24-20/h2-9H,10-14H2,1H3,(H,22,27)(H,23,24). The molecular weight excluding hydrogens is 354 g/mol. The molecule has 1 aliphatic rings. The highest BCUT2D eigenvalue weighted by molar-refractivity contribution is 6.04. The van der Waals surface area contributed by atoms with Crippen LogP contribution in [0.15, 0.2) is 48.5 Å². The van der Waals surface area contributed by atoms with E-state index in [0.717, 1.165) is 22.2 Å². The number of nitrogens with one attached hydrogen (secondary N) is 2. The second-order valence-electron chi connectivity index (χ2n) is 7.05. The number of aryl methyl sites for hydroxylation is 1. The number of hydrogen-bond acceptors (Lipinski definition) is 4. The Morgan fingerprint density at radius 1 is 1.04 bits per heavy atom. The van der Waals surface area contributed by atoms with E-state index in [2.05, 4.69) is 20.4 Å². The fourth-order valence-corrected chi connectivity index (χ4v) is 3.49. The third-order valence-electron chi connectivity index (χ3n) is 5.12. The van der Waals surface area contributed by atoms with Crippen LogP contribution in [0.2, 0.25) is 0 Å². The highest BCUT2D eigenvalue weighted by Crippen LogP contribution is 2.18. The van der Waals surface area contributed by atoms with Crippen LogP contribution in [0.25, 0.3) is 10.9 Å². The number of aromatic nitrogens is 2. The molecule has 7 heteroatoms. The molecule has 0 spiro atoms. The molecular formula is C21H23N5O2. The predicted molar refractivity (Wildman–Crippen MR) is 108 cm³/mol. The molecule has 2 N–H and O–H groups in total. The fourth-order valence-electron chi connectivity index (χ4n) is 3.49. The second-order valence-corrected chi connectivity index (χ2v) is 7.05. The molecule has 0 radical (unpaired) electrons. The van der Waals surface area contributed by atoms with Gasteiger partial charge in [0.25, 0.3) is 5.91 Å². The summed E-state index contributed by atoms with van der Waals surface area (Å²) in [6.07, 6.45) is 0. The summed E-state index contributed by atoms with van der Waals surface area (Å²) in [5.41, 5.74) is 3.20. The van der Waals surface area contributed by atoms with Gasteiger partial charge in [-0.15, -0.1) is 0 Å². The Labute approximate surface area is 163 Å². The van der Waals surface area contributed by atoms with Crippen molar-refractivity contribution in [2.24, 2.45) is 0 Å². The van der Waals surface area contributed by atoms with Crippen LogP contribution in [0.1, 0.15) is 16.1 Å². The SMILES string of the molecule is Cc1ccccc1NC(=O)CN1CCN(C(=O)c2n[nH]c3ccccc23)CC1. The number of carbonyl (C=O) groups excluding carboxylic acids is 2. The second kappa shape index (κ2) is 7.82. The number of fused-ring (bicyclic) bond motifs is 1. The van der Waals surface area contributed by atoms with E-state index in [1.807, 2.05) is 55.5 Å². The molecule has 0 atom stereocenters. The van der Waals surface area contributed by atoms with E-state index in [9.17, 15) is 9.59 Å². The van der Waals surface area contributed by atoms with Crippen LogP contribution in [-0.2, 0) is 4.79 Å². The quantitative estimate of drug-likeness (QED) is 0.731. The van der Waals surface area contributed by atoms with Crippen LogP contribution >= 0.6 is 0 Å². The summed E-state index contributed by atoms with van der Waals surface area (Å²) >= 11 is 0. The summed E-state index contributed by atoms with van der Waals surface area (Å²) in [7, 11) is 0. The first-order chi connectivity index (χ1) is 13.6. The van der Waals surface area contributed by atoms with E-state index in [-0.39, 0.29) is 11.8 Å². The number of amides is 2. The number of para-hydroxylation sites is 2. The maximum Gasteiger partial charge on any atom is 0.275 e. The van der Waals surface area contributed by atoms with Crippen LogP contribution in [0, 0.1) is 6.92 Å². The zero-order valence-corrected chi connectivity index (χ0v) is 15.8. The predicted octanol–water partition coefficient (Wildman–Crippen LogP) is 2.27. The molecule has 28 heavy (non-hydrogen) atoms. The number of aromatic amines is 1. The molecule has 1 fully saturated rings. The van der Waals surface area contributed by atoms with Crippen molar-refractivity contribution < 1.29 is 9.59 Å². The lowest BCUT2D eigenvalue weighted by Gasteiger charge is -2.34. The number of carbonyl (C=O) groups is 2. The minimum Gasteiger partial charge on any atom is -0.335 e. The molecule has 0 saturated carbocycles. The van der Waals surface area contributed by atoms with Gasteiger partial charge in [0, 0.05) is 37.3 Å². The van der Waals surface area contributed by atoms with Crippen molar-refractivity contribution in [2.75, 3.05) is 38.0 Å². The Morgan fingerprint density at radius 2 is 1.75 bits per heavy atom. The van der Waals surface area contributed by atoms with E-state index in [1.165, 1.54) is 0 Å². The van der Waals surface area contributed by atoms with E-state index in [1.54, 1.807) is 4.90 Å². The van der Waals surface area contributed by atoms with E-state index >= 15 is 0 Å². The van der Waals surface area contributed by atoms with Gasteiger partial charge in [0.1, 0.15) is 0 Å². The topological polar surface area (TPSA) is 81.3 Å². The van der Waals surface area contributed by atoms with Crippen molar-refractivity contribution in [3.8, 4) is 0 Å². The van der Waals surface area contributed by atoms with Crippen molar-refractivity contribution in [3.05, 3.63) is 59.8 Å². The highest BCUT2D eigenvalue weighted by Gasteiger charge is 2.25. The molecule has 4 rings (SSSR count). The molecule has 0 unspecified atom stereocenters. The Hall–Kier alpha value is -3.19. The minimum atomic E-state index is -0.0681. The molecule has 3 aromatic rings. The first kappa shape index (κ1) is 18.2. The van der Waals surface area contributed by atoms with Gasteiger partial charge in [-0.1, -0.05) is 36.4 Å². The molecule has 2 heterocycles. The fraction of sp³-hybridized carbons (Fsp3) is 0.286. The van der Waals surface area contributed by atoms with Crippen LogP contribution in [0.4, 0.5) is 5.69 Å². The maximum absolute atomic E-state index is 12.8. The lowest BCUT2D eigenvalue weighted by Crippen LogP contribution is -2.50. The van der Waals surface area contributed by atoms with Gasteiger partial charge in [0.15, 0.2) is 5.69 Å². The van der Waals surface area contributed by atoms with E-state index < -0.39 is 0 Å². The first-order valence-electron chi connectivity index (χ1n) is 9.42. The highest BCUT2D eigenvalue weighted by atomic mass is 16.2. The van der Waals surface area contributed by atoms with Crippen molar-refractivity contribution in [1.29, 1.82) is 0 Å². The van der Waals surface area contributed by atoms with Gasteiger partial charge in [-0.25, -0.2) is 0 Å². The van der Waals surface area contributed by atoms with E-state index in [0.29, 0.717) is 38.4 Å². The molecule has 144 valence electrons. The number of nitrogens with zero attached hydrogens (tertiary/aromatic N) is 3. The number of piperazine rings is 1. The van der Waals surface area contributed by atoms with Gasteiger partial charge in [-0.05, 0) is 24.6 Å². The smallest absolute Gasteiger partial charge is 0.275 e. The average molecular weight is 377 g/mol. The summed E-state index contributed by atoms with van der Waals surface area (Å²) in [6.45, 7) is 4.78. The van der Waals surface area contributed by atoms with Crippen molar-refractivity contribution >= 4 is 28.4 Å². The Kier molecular flexibility index (Phi) is 5.08. The molecule has 1 saturated heterocycles. The zero-order valence-electron chi connectivity index (χ0n) is 15.8. The lowest BCUT2D eigenvalue weighted by molar-refractivity contribution is -0.117. The summed E-state index contributed by atoms with van der Waals surface area (Å²) in [5.74, 6) is -0.103. The first-order valence-corrected chi connectivity index (χ1v) is 9.42. The Morgan fingerprint density at radius 3 is 2.54 bits per heavy atom. The third-order valence-corrected chi connectivity index (χ3v) is 5.12. The molecule has 1 aliphatic heterocycles. The van der Waals surface area contributed by atoms with Gasteiger partial charge >= 0.3 is 0 Å². The monoisotopic (exact) mass is 377 g/mol. The number of H-pyrrole nitrogens is 1.